The van der Waals surface area contributed by atoms with Crippen molar-refractivity contribution < 1.29 is 15.0 Å². The summed E-state index contributed by atoms with van der Waals surface area (Å²) in [5.74, 6) is 5.26. The quantitative estimate of drug-likeness (QED) is 0.720. The van der Waals surface area contributed by atoms with Gasteiger partial charge in [0.2, 0.25) is 0 Å². The third-order valence-corrected chi connectivity index (χ3v) is 3.75. The number of rotatable bonds is 2. The average Bonchev–Trinajstić information content (AvgIpc) is 2.48. The first-order chi connectivity index (χ1) is 10.1. The van der Waals surface area contributed by atoms with Crippen molar-refractivity contribution in [1.82, 2.24) is 5.32 Å². The number of aliphatic hydroxyl groups is 2. The van der Waals surface area contributed by atoms with Gasteiger partial charge in [0, 0.05) is 11.6 Å². The molecule has 0 aliphatic heterocycles. The molecule has 2 rings (SSSR count). The van der Waals surface area contributed by atoms with E-state index in [0.29, 0.717) is 11.1 Å². The fraction of sp³-hybridized carbons (Fsp3) is 0.471. The Hall–Kier alpha value is -1.83. The maximum Gasteiger partial charge on any atom is 0.252 e. The Morgan fingerprint density at radius 3 is 2.71 bits per heavy atom. The molecule has 0 atom stereocenters. The second-order valence-corrected chi connectivity index (χ2v) is 5.49. The predicted molar refractivity (Wildman–Crippen MR) is 80.9 cm³/mol. The van der Waals surface area contributed by atoms with E-state index < -0.39 is 0 Å². The minimum Gasteiger partial charge on any atom is -0.393 e. The molecule has 112 valence electrons. The van der Waals surface area contributed by atoms with Crippen LogP contribution in [-0.2, 0) is 0 Å². The lowest BCUT2D eigenvalue weighted by atomic mass is 9.92. The highest BCUT2D eigenvalue weighted by Gasteiger charge is 2.22. The Bertz CT molecular complexity index is 563. The summed E-state index contributed by atoms with van der Waals surface area (Å²) < 4.78 is 0. The molecule has 1 aliphatic carbocycles. The Morgan fingerprint density at radius 2 is 2.05 bits per heavy atom. The zero-order chi connectivity index (χ0) is 15.2. The van der Waals surface area contributed by atoms with Crippen molar-refractivity contribution in [3.8, 4) is 11.8 Å². The average molecular weight is 287 g/mol. The molecule has 1 fully saturated rings. The first-order valence-electron chi connectivity index (χ1n) is 7.29. The maximum absolute atomic E-state index is 12.4. The van der Waals surface area contributed by atoms with E-state index >= 15 is 0 Å². The molecular weight excluding hydrogens is 266 g/mol. The van der Waals surface area contributed by atoms with Crippen molar-refractivity contribution >= 4 is 5.91 Å². The summed E-state index contributed by atoms with van der Waals surface area (Å²) in [6.45, 7) is 1.70. The van der Waals surface area contributed by atoms with Gasteiger partial charge in [-0.05, 0) is 44.7 Å². The topological polar surface area (TPSA) is 69.6 Å². The van der Waals surface area contributed by atoms with Gasteiger partial charge in [-0.1, -0.05) is 23.5 Å². The molecule has 1 aliphatic rings. The van der Waals surface area contributed by atoms with Crippen molar-refractivity contribution in [2.45, 2.75) is 44.8 Å². The van der Waals surface area contributed by atoms with Crippen LogP contribution in [0.1, 0.15) is 47.2 Å². The number of carbonyl (C=O) groups is 1. The van der Waals surface area contributed by atoms with Crippen LogP contribution in [0.4, 0.5) is 0 Å². The van der Waals surface area contributed by atoms with Crippen molar-refractivity contribution in [1.29, 1.82) is 0 Å². The number of benzene rings is 1. The largest absolute Gasteiger partial charge is 0.393 e. The normalized spacial score (nSPS) is 21.3. The third-order valence-electron chi connectivity index (χ3n) is 3.75. The van der Waals surface area contributed by atoms with Crippen LogP contribution in [0.25, 0.3) is 0 Å². The fourth-order valence-corrected chi connectivity index (χ4v) is 2.57. The van der Waals surface area contributed by atoms with Crippen molar-refractivity contribution in [3.63, 3.8) is 0 Å². The molecule has 0 saturated heterocycles. The second-order valence-electron chi connectivity index (χ2n) is 5.49. The highest BCUT2D eigenvalue weighted by atomic mass is 16.3. The molecule has 0 radical (unpaired) electrons. The zero-order valence-corrected chi connectivity index (χ0v) is 12.2. The second kappa shape index (κ2) is 7.26. The van der Waals surface area contributed by atoms with Crippen LogP contribution in [0.3, 0.4) is 0 Å². The van der Waals surface area contributed by atoms with Gasteiger partial charge >= 0.3 is 0 Å². The number of hydrogen-bond donors (Lipinski definition) is 3. The van der Waals surface area contributed by atoms with Crippen LogP contribution in [0.5, 0.6) is 0 Å². The smallest absolute Gasteiger partial charge is 0.252 e. The fourth-order valence-electron chi connectivity index (χ4n) is 2.57. The lowest BCUT2D eigenvalue weighted by Gasteiger charge is -2.26. The van der Waals surface area contributed by atoms with Crippen LogP contribution < -0.4 is 5.32 Å². The Morgan fingerprint density at radius 1 is 1.33 bits per heavy atom. The van der Waals surface area contributed by atoms with E-state index in [-0.39, 0.29) is 24.7 Å². The lowest BCUT2D eigenvalue weighted by molar-refractivity contribution is 0.0867. The van der Waals surface area contributed by atoms with E-state index in [9.17, 15) is 9.90 Å². The molecule has 4 heteroatoms. The molecule has 0 unspecified atom stereocenters. The maximum atomic E-state index is 12.4. The van der Waals surface area contributed by atoms with Crippen LogP contribution in [-0.4, -0.2) is 34.9 Å². The molecule has 0 aromatic heterocycles. The van der Waals surface area contributed by atoms with Gasteiger partial charge in [-0.15, -0.1) is 0 Å². The van der Waals surface area contributed by atoms with Gasteiger partial charge in [0.05, 0.1) is 11.7 Å². The highest BCUT2D eigenvalue weighted by molar-refractivity contribution is 5.97. The first-order valence-corrected chi connectivity index (χ1v) is 7.29. The summed E-state index contributed by atoms with van der Waals surface area (Å²) >= 11 is 0. The van der Waals surface area contributed by atoms with Gasteiger partial charge in [-0.3, -0.25) is 4.79 Å². The number of aliphatic hydroxyl groups excluding tert-OH is 2. The number of carbonyl (C=O) groups excluding carboxylic acids is 1. The monoisotopic (exact) mass is 287 g/mol. The number of nitrogens with one attached hydrogen (secondary N) is 1. The molecule has 1 saturated carbocycles. The Balaban J connectivity index is 2.12. The van der Waals surface area contributed by atoms with Gasteiger partial charge in [0.25, 0.3) is 5.91 Å². The number of aryl methyl sites for hydroxylation is 1. The lowest BCUT2D eigenvalue weighted by Crippen LogP contribution is -2.38. The molecule has 0 spiro atoms. The van der Waals surface area contributed by atoms with Crippen molar-refractivity contribution in [2.24, 2.45) is 0 Å². The summed E-state index contributed by atoms with van der Waals surface area (Å²) in [7, 11) is 0. The molecule has 1 amide bonds. The molecule has 3 N–H and O–H groups in total. The van der Waals surface area contributed by atoms with Gasteiger partial charge in [0.1, 0.15) is 6.61 Å². The Kier molecular flexibility index (Phi) is 5.38. The van der Waals surface area contributed by atoms with E-state index in [1.165, 1.54) is 0 Å². The summed E-state index contributed by atoms with van der Waals surface area (Å²) in [6.07, 6.45) is 2.83. The number of amides is 1. The third kappa shape index (κ3) is 4.32. The summed E-state index contributed by atoms with van der Waals surface area (Å²) in [4.78, 5) is 12.4. The van der Waals surface area contributed by atoms with E-state index in [1.807, 2.05) is 19.1 Å². The molecule has 0 bridgehead atoms. The molecule has 4 nitrogen and oxygen atoms in total. The summed E-state index contributed by atoms with van der Waals surface area (Å²) in [5.41, 5.74) is 2.17. The van der Waals surface area contributed by atoms with Gasteiger partial charge in [-0.25, -0.2) is 0 Å². The molecule has 1 aromatic rings. The van der Waals surface area contributed by atoms with Crippen LogP contribution >= 0.6 is 0 Å². The standard InChI is InChI=1S/C17H21NO3/c1-12-4-5-13(3-2-10-19)16(11-12)17(21)18-14-6-8-15(20)9-7-14/h4-5,11,14-15,19-20H,6-10H2,1H3,(H,18,21). The molecule has 21 heavy (non-hydrogen) atoms. The van der Waals surface area contributed by atoms with Crippen LogP contribution in [0.15, 0.2) is 18.2 Å². The van der Waals surface area contributed by atoms with Gasteiger partial charge in [-0.2, -0.15) is 0 Å². The first kappa shape index (κ1) is 15.6. The van der Waals surface area contributed by atoms with Crippen LogP contribution in [0.2, 0.25) is 0 Å². The van der Waals surface area contributed by atoms with E-state index in [1.54, 1.807) is 6.07 Å². The summed E-state index contributed by atoms with van der Waals surface area (Å²) in [5, 5.41) is 21.3. The minimum atomic E-state index is -0.233. The zero-order valence-electron chi connectivity index (χ0n) is 12.2. The van der Waals surface area contributed by atoms with Crippen LogP contribution in [0, 0.1) is 18.8 Å². The molecule has 1 aromatic carbocycles. The molecular formula is C17H21NO3. The predicted octanol–water partition coefficient (Wildman–Crippen LogP) is 1.37. The van der Waals surface area contributed by atoms with Crippen molar-refractivity contribution in [3.05, 3.63) is 34.9 Å². The number of hydrogen-bond acceptors (Lipinski definition) is 3. The minimum absolute atomic E-state index is 0.111. The van der Waals surface area contributed by atoms with E-state index in [0.717, 1.165) is 31.2 Å². The van der Waals surface area contributed by atoms with Crippen molar-refractivity contribution in [2.75, 3.05) is 6.61 Å². The van der Waals surface area contributed by atoms with E-state index in [2.05, 4.69) is 17.2 Å². The SMILES string of the molecule is Cc1ccc(C#CCO)c(C(=O)NC2CCC(O)CC2)c1. The van der Waals surface area contributed by atoms with E-state index in [4.69, 9.17) is 5.11 Å². The highest BCUT2D eigenvalue weighted by Crippen LogP contribution is 2.19. The Labute approximate surface area is 125 Å². The van der Waals surface area contributed by atoms with Gasteiger partial charge < -0.3 is 15.5 Å². The summed E-state index contributed by atoms with van der Waals surface area (Å²) in [6, 6.07) is 5.63. The molecule has 0 heterocycles. The van der Waals surface area contributed by atoms with Gasteiger partial charge in [0.15, 0.2) is 0 Å².